The number of hydrogen-bond acceptors (Lipinski definition) is 3. The summed E-state index contributed by atoms with van der Waals surface area (Å²) in [5.74, 6) is 0.252. The van der Waals surface area contributed by atoms with Crippen LogP contribution in [-0.4, -0.2) is 26.8 Å². The van der Waals surface area contributed by atoms with E-state index in [9.17, 15) is 9.59 Å². The molecule has 0 aromatic carbocycles. The van der Waals surface area contributed by atoms with Crippen LogP contribution in [0.15, 0.2) is 12.4 Å². The fourth-order valence-corrected chi connectivity index (χ4v) is 0.820. The molecule has 2 N–H and O–H groups in total. The summed E-state index contributed by atoms with van der Waals surface area (Å²) in [6.45, 7) is -0.258. The van der Waals surface area contributed by atoms with Crippen LogP contribution in [0.25, 0.3) is 0 Å². The van der Waals surface area contributed by atoms with E-state index in [0.29, 0.717) is 5.69 Å². The Morgan fingerprint density at radius 2 is 2.43 bits per heavy atom. The lowest BCUT2D eigenvalue weighted by atomic mass is 10.5. The Kier molecular flexibility index (Phi) is 2.86. The molecule has 1 rings (SSSR count). The smallest absolute Gasteiger partial charge is 0.325 e. The monoisotopic (exact) mass is 193 g/mol. The number of carbonyl (C=O) groups is 2. The van der Waals surface area contributed by atoms with Crippen molar-refractivity contribution in [1.82, 2.24) is 9.78 Å². The maximum Gasteiger partial charge on any atom is 0.325 e. The second-order valence-corrected chi connectivity index (χ2v) is 2.42. The number of amides is 1. The summed E-state index contributed by atoms with van der Waals surface area (Å²) >= 11 is 0. The first-order chi connectivity index (χ1) is 6.61. The molecule has 0 saturated carbocycles. The fourth-order valence-electron chi connectivity index (χ4n) is 0.820. The van der Waals surface area contributed by atoms with Gasteiger partial charge in [-0.15, -0.1) is 6.42 Å². The summed E-state index contributed by atoms with van der Waals surface area (Å²) in [6.07, 6.45) is 7.52. The van der Waals surface area contributed by atoms with Crippen LogP contribution in [0.3, 0.4) is 0 Å². The van der Waals surface area contributed by atoms with Gasteiger partial charge in [0.05, 0.1) is 11.9 Å². The molecule has 1 amide bonds. The first-order valence-electron chi connectivity index (χ1n) is 3.63. The molecule has 0 atom stereocenters. The molecule has 72 valence electrons. The highest BCUT2D eigenvalue weighted by Crippen LogP contribution is 2.03. The zero-order chi connectivity index (χ0) is 10.6. The van der Waals surface area contributed by atoms with E-state index >= 15 is 0 Å². The van der Waals surface area contributed by atoms with Gasteiger partial charge in [0.25, 0.3) is 5.91 Å². The first-order valence-corrected chi connectivity index (χ1v) is 3.63. The molecule has 0 aliphatic heterocycles. The number of carbonyl (C=O) groups excluding carboxylic acids is 1. The predicted molar refractivity (Wildman–Crippen MR) is 47.3 cm³/mol. The van der Waals surface area contributed by atoms with Crippen LogP contribution in [0, 0.1) is 12.3 Å². The summed E-state index contributed by atoms with van der Waals surface area (Å²) < 4.78 is 1.18. The van der Waals surface area contributed by atoms with Crippen molar-refractivity contribution in [2.24, 2.45) is 0 Å². The molecule has 6 nitrogen and oxygen atoms in total. The van der Waals surface area contributed by atoms with Gasteiger partial charge >= 0.3 is 5.97 Å². The molecule has 0 aliphatic carbocycles. The molecule has 0 bridgehead atoms. The molecule has 0 fully saturated rings. The number of carboxylic acids is 1. The van der Waals surface area contributed by atoms with Crippen molar-refractivity contribution < 1.29 is 14.7 Å². The van der Waals surface area contributed by atoms with E-state index in [1.54, 1.807) is 0 Å². The lowest BCUT2D eigenvalue weighted by molar-refractivity contribution is -0.137. The molecule has 0 aliphatic rings. The lowest BCUT2D eigenvalue weighted by Crippen LogP contribution is -2.09. The quantitative estimate of drug-likeness (QED) is 0.636. The Bertz CT molecular complexity index is 402. The summed E-state index contributed by atoms with van der Waals surface area (Å²) in [5.41, 5.74) is 0.370. The second-order valence-electron chi connectivity index (χ2n) is 2.42. The summed E-state index contributed by atoms with van der Waals surface area (Å²) in [6, 6.07) is 0. The molecule has 0 unspecified atom stereocenters. The third-order valence-electron chi connectivity index (χ3n) is 1.32. The van der Waals surface area contributed by atoms with Crippen LogP contribution in [0.2, 0.25) is 0 Å². The van der Waals surface area contributed by atoms with Gasteiger partial charge in [-0.2, -0.15) is 5.10 Å². The molecular formula is C8H7N3O3. The van der Waals surface area contributed by atoms with Crippen LogP contribution in [0.5, 0.6) is 0 Å². The number of anilines is 1. The van der Waals surface area contributed by atoms with E-state index in [0.717, 1.165) is 0 Å². The van der Waals surface area contributed by atoms with E-state index in [4.69, 9.17) is 11.5 Å². The van der Waals surface area contributed by atoms with Gasteiger partial charge in [-0.05, 0) is 5.92 Å². The van der Waals surface area contributed by atoms with Crippen molar-refractivity contribution in [2.75, 3.05) is 5.32 Å². The average molecular weight is 193 g/mol. The molecule has 0 radical (unpaired) electrons. The van der Waals surface area contributed by atoms with Crippen molar-refractivity contribution in [3.63, 3.8) is 0 Å². The maximum absolute atomic E-state index is 10.7. The third-order valence-corrected chi connectivity index (χ3v) is 1.32. The minimum Gasteiger partial charge on any atom is -0.480 e. The van der Waals surface area contributed by atoms with Crippen molar-refractivity contribution in [3.05, 3.63) is 12.4 Å². The van der Waals surface area contributed by atoms with Crippen LogP contribution in [-0.2, 0) is 16.1 Å². The van der Waals surface area contributed by atoms with Crippen molar-refractivity contribution in [1.29, 1.82) is 0 Å². The fraction of sp³-hybridized carbons (Fsp3) is 0.125. The topological polar surface area (TPSA) is 84.2 Å². The van der Waals surface area contributed by atoms with E-state index in [1.165, 1.54) is 17.1 Å². The van der Waals surface area contributed by atoms with Crippen molar-refractivity contribution in [3.8, 4) is 12.3 Å². The SMILES string of the molecule is C#CC(=O)Nc1cnn(CC(=O)O)c1. The van der Waals surface area contributed by atoms with Gasteiger partial charge in [0.1, 0.15) is 6.54 Å². The number of nitrogens with zero attached hydrogens (tertiary/aromatic N) is 2. The number of aliphatic carboxylic acids is 1. The van der Waals surface area contributed by atoms with Crippen molar-refractivity contribution in [2.45, 2.75) is 6.54 Å². The van der Waals surface area contributed by atoms with Gasteiger partial charge in [0.15, 0.2) is 0 Å². The third kappa shape index (κ3) is 2.64. The number of rotatable bonds is 3. The molecular weight excluding hydrogens is 186 g/mol. The maximum atomic E-state index is 10.7. The van der Waals surface area contributed by atoms with Gasteiger partial charge in [0.2, 0.25) is 0 Å². The highest BCUT2D eigenvalue weighted by molar-refractivity contribution is 6.03. The van der Waals surface area contributed by atoms with Gasteiger partial charge in [-0.1, -0.05) is 0 Å². The summed E-state index contributed by atoms with van der Waals surface area (Å²) in [4.78, 5) is 21.0. The van der Waals surface area contributed by atoms with Crippen LogP contribution >= 0.6 is 0 Å². The molecule has 1 aromatic rings. The molecule has 0 spiro atoms. The van der Waals surface area contributed by atoms with Gasteiger partial charge in [-0.25, -0.2) is 0 Å². The highest BCUT2D eigenvalue weighted by Gasteiger charge is 2.03. The van der Waals surface area contributed by atoms with Crippen LogP contribution in [0.1, 0.15) is 0 Å². The molecule has 1 heterocycles. The Labute approximate surface area is 79.5 Å². The van der Waals surface area contributed by atoms with E-state index in [2.05, 4.69) is 10.4 Å². The summed E-state index contributed by atoms with van der Waals surface area (Å²) in [5, 5.41) is 14.5. The normalized spacial score (nSPS) is 9.07. The van der Waals surface area contributed by atoms with E-state index in [-0.39, 0.29) is 6.54 Å². The standard InChI is InChI=1S/C8H7N3O3/c1-2-7(12)10-6-3-9-11(4-6)5-8(13)14/h1,3-4H,5H2,(H,10,12)(H,13,14). The minimum absolute atomic E-state index is 0.258. The molecule has 1 aromatic heterocycles. The molecule has 14 heavy (non-hydrogen) atoms. The highest BCUT2D eigenvalue weighted by atomic mass is 16.4. The number of carboxylic acid groups (broad SMARTS) is 1. The van der Waals surface area contributed by atoms with E-state index < -0.39 is 11.9 Å². The number of hydrogen-bond donors (Lipinski definition) is 2. The number of nitrogens with one attached hydrogen (secondary N) is 1. The number of aromatic nitrogens is 2. The van der Waals surface area contributed by atoms with Gasteiger partial charge in [0, 0.05) is 6.20 Å². The predicted octanol–water partition coefficient (Wildman–Crippen LogP) is -0.461. The van der Waals surface area contributed by atoms with Gasteiger partial charge in [-0.3, -0.25) is 14.3 Å². The Morgan fingerprint density at radius 3 is 3.00 bits per heavy atom. The first kappa shape index (κ1) is 9.80. The largest absolute Gasteiger partial charge is 0.480 e. The van der Waals surface area contributed by atoms with Crippen LogP contribution in [0.4, 0.5) is 5.69 Å². The summed E-state index contributed by atoms with van der Waals surface area (Å²) in [7, 11) is 0. The van der Waals surface area contributed by atoms with E-state index in [1.807, 2.05) is 5.92 Å². The average Bonchev–Trinajstić information content (AvgIpc) is 2.51. The number of terminal acetylenes is 1. The van der Waals surface area contributed by atoms with Crippen molar-refractivity contribution >= 4 is 17.6 Å². The Morgan fingerprint density at radius 1 is 1.71 bits per heavy atom. The zero-order valence-corrected chi connectivity index (χ0v) is 7.10. The lowest BCUT2D eigenvalue weighted by Gasteiger charge is -1.94. The molecule has 0 saturated heterocycles. The minimum atomic E-state index is -1.01. The molecule has 6 heteroatoms. The zero-order valence-electron chi connectivity index (χ0n) is 7.10. The second kappa shape index (κ2) is 4.09. The van der Waals surface area contributed by atoms with Gasteiger partial charge < -0.3 is 10.4 Å². The Balaban J connectivity index is 2.65. The van der Waals surface area contributed by atoms with Crippen LogP contribution < -0.4 is 5.32 Å². The Hall–Kier alpha value is -2.29.